The Morgan fingerprint density at radius 3 is 2.66 bits per heavy atom. The third-order valence-corrected chi connectivity index (χ3v) is 4.81. The van der Waals surface area contributed by atoms with Crippen molar-refractivity contribution in [2.24, 2.45) is 5.73 Å². The van der Waals surface area contributed by atoms with Crippen molar-refractivity contribution in [2.75, 3.05) is 26.0 Å². The number of nitrogen functional groups attached to an aromatic ring is 1. The van der Waals surface area contributed by atoms with E-state index in [1.54, 1.807) is 31.5 Å². The molecule has 0 aliphatic carbocycles. The third-order valence-electron chi connectivity index (χ3n) is 4.52. The lowest BCUT2D eigenvalue weighted by Crippen LogP contribution is -2.18. The number of ether oxygens (including phenoxy) is 1. The smallest absolute Gasteiger partial charge is 0.249 e. The van der Waals surface area contributed by atoms with Gasteiger partial charge in [-0.3, -0.25) is 9.78 Å². The molecule has 29 heavy (non-hydrogen) atoms. The molecule has 150 valence electrons. The van der Waals surface area contributed by atoms with Crippen LogP contribution in [0.5, 0.6) is 0 Å². The van der Waals surface area contributed by atoms with E-state index in [0.29, 0.717) is 40.7 Å². The van der Waals surface area contributed by atoms with Gasteiger partial charge in [0.2, 0.25) is 5.91 Å². The van der Waals surface area contributed by atoms with Gasteiger partial charge in [0.15, 0.2) is 0 Å². The number of rotatable bonds is 8. The summed E-state index contributed by atoms with van der Waals surface area (Å²) in [4.78, 5) is 16.5. The van der Waals surface area contributed by atoms with E-state index in [0.717, 1.165) is 23.2 Å². The number of methoxy groups -OCH3 is 1. The lowest BCUT2D eigenvalue weighted by atomic mass is 9.94. The molecule has 3 aromatic rings. The highest BCUT2D eigenvalue weighted by Gasteiger charge is 2.15. The number of hydrogen-bond acceptors (Lipinski definition) is 5. The van der Waals surface area contributed by atoms with Gasteiger partial charge in [0.25, 0.3) is 0 Å². The molecule has 6 nitrogen and oxygen atoms in total. The molecule has 3 rings (SSSR count). The van der Waals surface area contributed by atoms with E-state index in [1.165, 1.54) is 0 Å². The molecule has 0 fully saturated rings. The van der Waals surface area contributed by atoms with Crippen LogP contribution in [0.4, 0.5) is 5.69 Å². The second-order valence-corrected chi connectivity index (χ2v) is 6.96. The Hall–Kier alpha value is -2.93. The quantitative estimate of drug-likeness (QED) is 0.389. The average Bonchev–Trinajstić information content (AvgIpc) is 2.71. The molecule has 0 saturated carbocycles. The van der Waals surface area contributed by atoms with Crippen molar-refractivity contribution in [1.29, 1.82) is 0 Å². The number of benzene rings is 2. The van der Waals surface area contributed by atoms with Gasteiger partial charge in [-0.25, -0.2) is 0 Å². The van der Waals surface area contributed by atoms with Crippen molar-refractivity contribution >= 4 is 23.2 Å². The van der Waals surface area contributed by atoms with Gasteiger partial charge < -0.3 is 21.5 Å². The van der Waals surface area contributed by atoms with Crippen LogP contribution in [0.15, 0.2) is 54.7 Å². The van der Waals surface area contributed by atoms with Crippen LogP contribution in [0, 0.1) is 0 Å². The van der Waals surface area contributed by atoms with E-state index in [2.05, 4.69) is 10.3 Å². The number of primary amides is 1. The summed E-state index contributed by atoms with van der Waals surface area (Å²) in [7, 11) is 1.66. The summed E-state index contributed by atoms with van der Waals surface area (Å²) in [5, 5.41) is 3.78. The molecule has 1 aromatic heterocycles. The molecule has 5 N–H and O–H groups in total. The van der Waals surface area contributed by atoms with Crippen molar-refractivity contribution in [3.8, 4) is 22.4 Å². The minimum atomic E-state index is -0.522. The standard InChI is InChI=1S/C22H23ClN4O2/c1-29-9-8-26-12-14-10-19(23)21(27-13-14)15-6-7-17(22(25)28)18(11-15)16-4-2-3-5-20(16)24/h2-7,10-11,13,26H,8-9,12,24H2,1H3,(H2,25,28). The van der Waals surface area contributed by atoms with Gasteiger partial charge in [-0.1, -0.05) is 35.9 Å². The van der Waals surface area contributed by atoms with Gasteiger partial charge in [-0.05, 0) is 35.4 Å². The molecule has 0 saturated heterocycles. The number of pyridine rings is 1. The first-order valence-corrected chi connectivity index (χ1v) is 9.52. The monoisotopic (exact) mass is 410 g/mol. The molecule has 2 aromatic carbocycles. The van der Waals surface area contributed by atoms with Crippen molar-refractivity contribution < 1.29 is 9.53 Å². The number of nitrogens with zero attached hydrogens (tertiary/aromatic N) is 1. The number of nitrogens with two attached hydrogens (primary N) is 2. The fraction of sp³-hybridized carbons (Fsp3) is 0.182. The molecule has 0 unspecified atom stereocenters. The topological polar surface area (TPSA) is 103 Å². The first-order valence-electron chi connectivity index (χ1n) is 9.14. The van der Waals surface area contributed by atoms with Crippen LogP contribution in [0.25, 0.3) is 22.4 Å². The average molecular weight is 411 g/mol. The predicted octanol–water partition coefficient (Wildman–Crippen LogP) is 3.49. The molecule has 0 aliphatic heterocycles. The third kappa shape index (κ3) is 4.92. The minimum Gasteiger partial charge on any atom is -0.398 e. The van der Waals surface area contributed by atoms with Crippen LogP contribution < -0.4 is 16.8 Å². The first kappa shape index (κ1) is 20.8. The van der Waals surface area contributed by atoms with Gasteiger partial charge in [-0.2, -0.15) is 0 Å². The van der Waals surface area contributed by atoms with Crippen LogP contribution >= 0.6 is 11.6 Å². The molecule has 0 radical (unpaired) electrons. The molecule has 0 bridgehead atoms. The summed E-state index contributed by atoms with van der Waals surface area (Å²) in [6.07, 6.45) is 1.78. The number of nitrogens with one attached hydrogen (secondary N) is 1. The Kier molecular flexibility index (Phi) is 6.82. The number of para-hydroxylation sites is 1. The van der Waals surface area contributed by atoms with Gasteiger partial charge in [0.1, 0.15) is 0 Å². The molecule has 0 spiro atoms. The maximum Gasteiger partial charge on any atom is 0.249 e. The van der Waals surface area contributed by atoms with Crippen LogP contribution in [-0.4, -0.2) is 31.2 Å². The van der Waals surface area contributed by atoms with Gasteiger partial charge in [0.05, 0.1) is 17.3 Å². The second kappa shape index (κ2) is 9.52. The molecule has 0 aliphatic rings. The maximum atomic E-state index is 11.9. The summed E-state index contributed by atoms with van der Waals surface area (Å²) in [6, 6.07) is 14.5. The van der Waals surface area contributed by atoms with Crippen molar-refractivity contribution in [3.63, 3.8) is 0 Å². The highest BCUT2D eigenvalue weighted by molar-refractivity contribution is 6.33. The van der Waals surface area contributed by atoms with E-state index in [9.17, 15) is 4.79 Å². The zero-order valence-corrected chi connectivity index (χ0v) is 16.9. The van der Waals surface area contributed by atoms with E-state index in [1.807, 2.05) is 30.3 Å². The zero-order chi connectivity index (χ0) is 20.8. The van der Waals surface area contributed by atoms with Crippen LogP contribution in [0.3, 0.4) is 0 Å². The van der Waals surface area contributed by atoms with Crippen LogP contribution in [0.2, 0.25) is 5.02 Å². The minimum absolute atomic E-state index is 0.390. The lowest BCUT2D eigenvalue weighted by Gasteiger charge is -2.13. The fourth-order valence-corrected chi connectivity index (χ4v) is 3.36. The Morgan fingerprint density at radius 1 is 1.17 bits per heavy atom. The van der Waals surface area contributed by atoms with E-state index < -0.39 is 5.91 Å². The van der Waals surface area contributed by atoms with Gasteiger partial charge >= 0.3 is 0 Å². The Bertz CT molecular complexity index is 1020. The summed E-state index contributed by atoms with van der Waals surface area (Å²) in [5.74, 6) is -0.522. The van der Waals surface area contributed by atoms with Crippen LogP contribution in [-0.2, 0) is 11.3 Å². The largest absolute Gasteiger partial charge is 0.398 e. The molecular weight excluding hydrogens is 388 g/mol. The molecule has 0 atom stereocenters. The van der Waals surface area contributed by atoms with Crippen molar-refractivity contribution in [1.82, 2.24) is 10.3 Å². The number of carbonyl (C=O) groups is 1. The van der Waals surface area contributed by atoms with Crippen molar-refractivity contribution in [2.45, 2.75) is 6.54 Å². The summed E-state index contributed by atoms with van der Waals surface area (Å²) < 4.78 is 5.02. The van der Waals surface area contributed by atoms with Crippen molar-refractivity contribution in [3.05, 3.63) is 70.9 Å². The lowest BCUT2D eigenvalue weighted by molar-refractivity contribution is 0.100. The molecule has 7 heteroatoms. The predicted molar refractivity (Wildman–Crippen MR) is 117 cm³/mol. The number of hydrogen-bond donors (Lipinski definition) is 3. The second-order valence-electron chi connectivity index (χ2n) is 6.56. The first-order chi connectivity index (χ1) is 14.0. The SMILES string of the molecule is COCCNCc1cnc(-c2ccc(C(N)=O)c(-c3ccccc3N)c2)c(Cl)c1. The number of anilines is 1. The molecule has 1 heterocycles. The number of halogens is 1. The normalized spacial score (nSPS) is 10.8. The Balaban J connectivity index is 1.96. The highest BCUT2D eigenvalue weighted by atomic mass is 35.5. The van der Waals surface area contributed by atoms with Crippen LogP contribution in [0.1, 0.15) is 15.9 Å². The number of carbonyl (C=O) groups excluding carboxylic acids is 1. The maximum absolute atomic E-state index is 11.9. The number of amides is 1. The number of aromatic nitrogens is 1. The zero-order valence-electron chi connectivity index (χ0n) is 16.1. The summed E-state index contributed by atoms with van der Waals surface area (Å²) in [6.45, 7) is 2.02. The molecule has 1 amide bonds. The summed E-state index contributed by atoms with van der Waals surface area (Å²) in [5.41, 5.74) is 16.4. The fourth-order valence-electron chi connectivity index (χ4n) is 3.07. The van der Waals surface area contributed by atoms with E-state index in [-0.39, 0.29) is 0 Å². The van der Waals surface area contributed by atoms with E-state index >= 15 is 0 Å². The Labute approximate surface area is 174 Å². The summed E-state index contributed by atoms with van der Waals surface area (Å²) >= 11 is 6.50. The molecular formula is C22H23ClN4O2. The van der Waals surface area contributed by atoms with Gasteiger partial charge in [0, 0.05) is 48.8 Å². The van der Waals surface area contributed by atoms with Gasteiger partial charge in [-0.15, -0.1) is 0 Å². The Morgan fingerprint density at radius 2 is 1.97 bits per heavy atom. The van der Waals surface area contributed by atoms with E-state index in [4.69, 9.17) is 27.8 Å². The highest BCUT2D eigenvalue weighted by Crippen LogP contribution is 2.34.